The second kappa shape index (κ2) is 6.62. The fourth-order valence-electron chi connectivity index (χ4n) is 2.09. The number of aliphatic hydroxyl groups excluding tert-OH is 1. The highest BCUT2D eigenvalue weighted by molar-refractivity contribution is 6.05. The molecule has 0 bridgehead atoms. The van der Waals surface area contributed by atoms with Crippen LogP contribution in [0.2, 0.25) is 0 Å². The number of amides is 1. The third-order valence-electron chi connectivity index (χ3n) is 3.10. The largest absolute Gasteiger partial charge is 0.488 e. The summed E-state index contributed by atoms with van der Waals surface area (Å²) in [7, 11) is 0. The number of hydrogen-bond donors (Lipinski definition) is 2. The monoisotopic (exact) mass is 298 g/mol. The molecule has 1 heterocycles. The number of nitrogens with zero attached hydrogens (tertiary/aromatic N) is 1. The second-order valence-electron chi connectivity index (χ2n) is 4.83. The van der Waals surface area contributed by atoms with Crippen LogP contribution in [-0.2, 0) is 4.79 Å². The molecule has 7 heteroatoms. The summed E-state index contributed by atoms with van der Waals surface area (Å²) >= 11 is 0. The molecular weight excluding hydrogens is 282 g/mol. The van der Waals surface area contributed by atoms with Gasteiger partial charge in [0.15, 0.2) is 17.4 Å². The highest BCUT2D eigenvalue weighted by atomic mass is 19.1. The highest BCUT2D eigenvalue weighted by Crippen LogP contribution is 2.26. The van der Waals surface area contributed by atoms with Crippen LogP contribution in [0.4, 0.5) is 8.78 Å². The van der Waals surface area contributed by atoms with Gasteiger partial charge in [-0.25, -0.2) is 14.2 Å². The van der Waals surface area contributed by atoms with Crippen LogP contribution in [0.5, 0.6) is 5.75 Å². The Morgan fingerprint density at radius 1 is 1.43 bits per heavy atom. The van der Waals surface area contributed by atoms with E-state index in [2.05, 4.69) is 10.5 Å². The lowest BCUT2D eigenvalue weighted by molar-refractivity contribution is -0.121. The molecule has 2 rings (SSSR count). The van der Waals surface area contributed by atoms with Crippen LogP contribution >= 0.6 is 0 Å². The van der Waals surface area contributed by atoms with Crippen molar-refractivity contribution >= 4 is 11.6 Å². The Balaban J connectivity index is 2.25. The zero-order valence-electron chi connectivity index (χ0n) is 11.5. The first kappa shape index (κ1) is 15.4. The number of carbonyl (C=O) groups is 1. The normalized spacial score (nSPS) is 18.2. The average Bonchev–Trinajstić information content (AvgIpc) is 2.41. The van der Waals surface area contributed by atoms with Crippen molar-refractivity contribution in [3.8, 4) is 5.75 Å². The Bertz CT molecular complexity index is 552. The lowest BCUT2D eigenvalue weighted by Crippen LogP contribution is -2.32. The van der Waals surface area contributed by atoms with Crippen molar-refractivity contribution in [2.24, 2.45) is 11.0 Å². The van der Waals surface area contributed by atoms with Crippen LogP contribution in [0.1, 0.15) is 25.3 Å². The molecule has 1 amide bonds. The van der Waals surface area contributed by atoms with Gasteiger partial charge in [-0.3, -0.25) is 4.79 Å². The van der Waals surface area contributed by atoms with Gasteiger partial charge in [-0.05, 0) is 12.1 Å². The van der Waals surface area contributed by atoms with E-state index in [4.69, 9.17) is 9.84 Å². The van der Waals surface area contributed by atoms with E-state index in [0.29, 0.717) is 5.71 Å². The van der Waals surface area contributed by atoms with Crippen molar-refractivity contribution < 1.29 is 23.4 Å². The third kappa shape index (κ3) is 3.55. The van der Waals surface area contributed by atoms with Crippen LogP contribution in [0.3, 0.4) is 0 Å². The van der Waals surface area contributed by atoms with E-state index in [1.165, 1.54) is 0 Å². The summed E-state index contributed by atoms with van der Waals surface area (Å²) in [6.45, 7) is 1.67. The molecule has 0 unspecified atom stereocenters. The first-order valence-electron chi connectivity index (χ1n) is 6.62. The Morgan fingerprint density at radius 2 is 2.10 bits per heavy atom. The molecule has 1 aromatic carbocycles. The molecule has 114 valence electrons. The smallest absolute Gasteiger partial charge is 0.240 e. The summed E-state index contributed by atoms with van der Waals surface area (Å²) in [6, 6.07) is 2.26. The molecule has 5 nitrogen and oxygen atoms in total. The van der Waals surface area contributed by atoms with Crippen molar-refractivity contribution in [2.75, 3.05) is 13.2 Å². The maximum atomic E-state index is 13.9. The first-order chi connectivity index (χ1) is 10.0. The van der Waals surface area contributed by atoms with Gasteiger partial charge in [-0.2, -0.15) is 5.10 Å². The number of aliphatic hydroxyl groups is 1. The summed E-state index contributed by atoms with van der Waals surface area (Å²) in [5, 5.41) is 12.5. The maximum absolute atomic E-state index is 13.9. The Hall–Kier alpha value is -2.02. The van der Waals surface area contributed by atoms with Gasteiger partial charge in [0.2, 0.25) is 5.91 Å². The van der Waals surface area contributed by atoms with Crippen LogP contribution < -0.4 is 10.2 Å². The number of halogens is 2. The molecule has 1 atom stereocenters. The molecule has 2 N–H and O–H groups in total. The van der Waals surface area contributed by atoms with Gasteiger partial charge < -0.3 is 9.84 Å². The minimum absolute atomic E-state index is 0.0249. The Kier molecular flexibility index (Phi) is 4.85. The zero-order valence-corrected chi connectivity index (χ0v) is 11.5. The molecule has 0 radical (unpaired) electrons. The molecule has 0 aromatic heterocycles. The van der Waals surface area contributed by atoms with Crippen molar-refractivity contribution in [3.05, 3.63) is 29.3 Å². The molecule has 1 aliphatic heterocycles. The molecule has 0 saturated heterocycles. The quantitative estimate of drug-likeness (QED) is 0.811. The van der Waals surface area contributed by atoms with Crippen molar-refractivity contribution in [2.45, 2.75) is 19.8 Å². The number of hydrazone groups is 1. The lowest BCUT2D eigenvalue weighted by Gasteiger charge is -2.19. The predicted molar refractivity (Wildman–Crippen MR) is 72.0 cm³/mol. The van der Waals surface area contributed by atoms with Gasteiger partial charge >= 0.3 is 0 Å². The van der Waals surface area contributed by atoms with Crippen molar-refractivity contribution in [1.29, 1.82) is 0 Å². The van der Waals surface area contributed by atoms with E-state index in [9.17, 15) is 13.6 Å². The summed E-state index contributed by atoms with van der Waals surface area (Å²) < 4.78 is 32.8. The first-order valence-corrected chi connectivity index (χ1v) is 6.62. The number of carbonyl (C=O) groups excluding carboxylic acids is 1. The number of hydrogen-bond acceptors (Lipinski definition) is 4. The van der Waals surface area contributed by atoms with Crippen LogP contribution in [0.25, 0.3) is 0 Å². The Morgan fingerprint density at radius 3 is 2.67 bits per heavy atom. The minimum Gasteiger partial charge on any atom is -0.488 e. The molecule has 1 aromatic rings. The standard InChI is InChI=1S/C14H16F2N2O3/c1-8-5-12(20)17-18-13(8)9-6-10(15)14(11(16)7-9)21-4-2-3-19/h6-8,19H,2-5H2,1H3,(H,17,20)/t8-/m1/s1. The molecule has 0 spiro atoms. The van der Waals surface area contributed by atoms with Crippen LogP contribution in [0, 0.1) is 17.6 Å². The summed E-state index contributed by atoms with van der Waals surface area (Å²) in [6.07, 6.45) is 0.507. The number of ether oxygens (including phenoxy) is 1. The van der Waals surface area contributed by atoms with Crippen LogP contribution in [0.15, 0.2) is 17.2 Å². The van der Waals surface area contributed by atoms with E-state index < -0.39 is 17.4 Å². The highest BCUT2D eigenvalue weighted by Gasteiger charge is 2.24. The predicted octanol–water partition coefficient (Wildman–Crippen LogP) is 1.59. The zero-order chi connectivity index (χ0) is 15.4. The van der Waals surface area contributed by atoms with E-state index >= 15 is 0 Å². The minimum atomic E-state index is -0.838. The molecule has 0 fully saturated rings. The summed E-state index contributed by atoms with van der Waals surface area (Å²) in [4.78, 5) is 11.2. The fraction of sp³-hybridized carbons (Fsp3) is 0.429. The molecule has 1 aliphatic rings. The number of nitrogens with one attached hydrogen (secondary N) is 1. The molecule has 0 saturated carbocycles. The lowest BCUT2D eigenvalue weighted by atomic mass is 9.94. The van der Waals surface area contributed by atoms with E-state index in [1.807, 2.05) is 0 Å². The average molecular weight is 298 g/mol. The van der Waals surface area contributed by atoms with Gasteiger partial charge in [0.05, 0.1) is 12.3 Å². The van der Waals surface area contributed by atoms with Gasteiger partial charge in [0, 0.05) is 30.9 Å². The number of rotatable bonds is 5. The van der Waals surface area contributed by atoms with Crippen LogP contribution in [-0.4, -0.2) is 29.9 Å². The number of benzene rings is 1. The van der Waals surface area contributed by atoms with Gasteiger partial charge in [-0.15, -0.1) is 0 Å². The summed E-state index contributed by atoms with van der Waals surface area (Å²) in [5.41, 5.74) is 3.00. The molecule has 0 aliphatic carbocycles. The van der Waals surface area contributed by atoms with Crippen molar-refractivity contribution in [3.63, 3.8) is 0 Å². The van der Waals surface area contributed by atoms with Gasteiger partial charge in [0.25, 0.3) is 0 Å². The Labute approximate surface area is 120 Å². The molecular formula is C14H16F2N2O3. The fourth-order valence-corrected chi connectivity index (χ4v) is 2.09. The van der Waals surface area contributed by atoms with E-state index in [-0.39, 0.29) is 43.4 Å². The second-order valence-corrected chi connectivity index (χ2v) is 4.83. The van der Waals surface area contributed by atoms with E-state index in [1.54, 1.807) is 6.92 Å². The maximum Gasteiger partial charge on any atom is 0.240 e. The van der Waals surface area contributed by atoms with Gasteiger partial charge in [0.1, 0.15) is 0 Å². The van der Waals surface area contributed by atoms with E-state index in [0.717, 1.165) is 12.1 Å². The van der Waals surface area contributed by atoms with Crippen molar-refractivity contribution in [1.82, 2.24) is 5.43 Å². The molecule has 21 heavy (non-hydrogen) atoms. The third-order valence-corrected chi connectivity index (χ3v) is 3.10. The SMILES string of the molecule is C[C@@H]1CC(=O)NN=C1c1cc(F)c(OCCCO)c(F)c1. The topological polar surface area (TPSA) is 70.9 Å². The van der Waals surface area contributed by atoms with Gasteiger partial charge in [-0.1, -0.05) is 6.92 Å². The summed E-state index contributed by atoms with van der Waals surface area (Å²) in [5.74, 6) is -2.60.